The lowest BCUT2D eigenvalue weighted by Gasteiger charge is -2.23. The van der Waals surface area contributed by atoms with Crippen LogP contribution in [0.1, 0.15) is 43.2 Å². The van der Waals surface area contributed by atoms with Crippen molar-refractivity contribution in [1.82, 2.24) is 4.90 Å². The average molecular weight is 275 g/mol. The minimum absolute atomic E-state index is 0.0503. The van der Waals surface area contributed by atoms with Gasteiger partial charge in [0, 0.05) is 13.0 Å². The summed E-state index contributed by atoms with van der Waals surface area (Å²) in [5.74, 6) is -0.830. The number of carboxylic acids is 1. The molecule has 1 aromatic carbocycles. The van der Waals surface area contributed by atoms with Crippen LogP contribution in [0.3, 0.4) is 0 Å². The third kappa shape index (κ3) is 3.00. The molecule has 2 rings (SSSR count). The van der Waals surface area contributed by atoms with Gasteiger partial charge in [-0.05, 0) is 36.8 Å². The molecule has 1 saturated heterocycles. The van der Waals surface area contributed by atoms with Crippen LogP contribution in [0.15, 0.2) is 24.3 Å². The highest BCUT2D eigenvalue weighted by Crippen LogP contribution is 2.26. The largest absolute Gasteiger partial charge is 0.480 e. The Morgan fingerprint density at radius 1 is 1.40 bits per heavy atom. The fourth-order valence-corrected chi connectivity index (χ4v) is 2.95. The van der Waals surface area contributed by atoms with Crippen LogP contribution in [-0.2, 0) is 9.59 Å². The fraction of sp³-hybridized carbons (Fsp3) is 0.500. The van der Waals surface area contributed by atoms with Gasteiger partial charge in [-0.2, -0.15) is 0 Å². The first-order chi connectivity index (χ1) is 9.50. The van der Waals surface area contributed by atoms with Crippen molar-refractivity contribution in [3.05, 3.63) is 35.4 Å². The maximum atomic E-state index is 12.3. The number of carbonyl (C=O) groups excluding carboxylic acids is 1. The maximum Gasteiger partial charge on any atom is 0.326 e. The lowest BCUT2D eigenvalue weighted by molar-refractivity contribution is -0.148. The lowest BCUT2D eigenvalue weighted by atomic mass is 9.93. The Labute approximate surface area is 119 Å². The van der Waals surface area contributed by atoms with Gasteiger partial charge in [-0.1, -0.05) is 31.2 Å². The Kier molecular flexibility index (Phi) is 4.42. The number of aliphatic carboxylic acids is 1. The van der Waals surface area contributed by atoms with E-state index in [1.54, 1.807) is 0 Å². The molecule has 0 radical (unpaired) electrons. The van der Waals surface area contributed by atoms with Gasteiger partial charge in [0.2, 0.25) is 5.91 Å². The monoisotopic (exact) mass is 275 g/mol. The molecule has 1 aliphatic heterocycles. The van der Waals surface area contributed by atoms with Crippen molar-refractivity contribution in [1.29, 1.82) is 0 Å². The Morgan fingerprint density at radius 3 is 2.75 bits per heavy atom. The molecule has 2 atom stereocenters. The molecule has 1 unspecified atom stereocenters. The summed E-state index contributed by atoms with van der Waals surface area (Å²) in [7, 11) is 0. The second-order valence-electron chi connectivity index (χ2n) is 5.55. The quantitative estimate of drug-likeness (QED) is 0.918. The van der Waals surface area contributed by atoms with Gasteiger partial charge < -0.3 is 10.0 Å². The van der Waals surface area contributed by atoms with Crippen LogP contribution in [0.25, 0.3) is 0 Å². The molecule has 4 nitrogen and oxygen atoms in total. The van der Waals surface area contributed by atoms with Crippen molar-refractivity contribution in [2.45, 2.75) is 45.1 Å². The van der Waals surface area contributed by atoms with E-state index in [2.05, 4.69) is 0 Å². The van der Waals surface area contributed by atoms with E-state index in [1.165, 1.54) is 10.5 Å². The number of hydrogen-bond acceptors (Lipinski definition) is 2. The topological polar surface area (TPSA) is 57.6 Å². The zero-order valence-corrected chi connectivity index (χ0v) is 12.0. The Morgan fingerprint density at radius 2 is 2.10 bits per heavy atom. The number of likely N-dealkylation sites (tertiary alicyclic amines) is 1. The highest BCUT2D eigenvalue weighted by atomic mass is 16.4. The van der Waals surface area contributed by atoms with Crippen LogP contribution < -0.4 is 0 Å². The van der Waals surface area contributed by atoms with Crippen LogP contribution in [0.5, 0.6) is 0 Å². The lowest BCUT2D eigenvalue weighted by Crippen LogP contribution is -2.40. The number of carbonyl (C=O) groups is 2. The average Bonchev–Trinajstić information content (AvgIpc) is 2.88. The summed E-state index contributed by atoms with van der Waals surface area (Å²) in [6.07, 6.45) is 1.72. The van der Waals surface area contributed by atoms with Gasteiger partial charge in [-0.25, -0.2) is 4.79 Å². The third-order valence-electron chi connectivity index (χ3n) is 4.06. The smallest absolute Gasteiger partial charge is 0.326 e. The molecule has 1 amide bonds. The molecular weight excluding hydrogens is 254 g/mol. The summed E-state index contributed by atoms with van der Waals surface area (Å²) in [6, 6.07) is 7.39. The molecule has 20 heavy (non-hydrogen) atoms. The molecule has 1 aromatic rings. The zero-order valence-electron chi connectivity index (χ0n) is 12.0. The first kappa shape index (κ1) is 14.6. The molecule has 0 aromatic heterocycles. The number of benzene rings is 1. The van der Waals surface area contributed by atoms with E-state index in [0.717, 1.165) is 12.0 Å². The van der Waals surface area contributed by atoms with Crippen LogP contribution in [0.4, 0.5) is 0 Å². The minimum Gasteiger partial charge on any atom is -0.480 e. The second kappa shape index (κ2) is 6.07. The fourth-order valence-electron chi connectivity index (χ4n) is 2.95. The van der Waals surface area contributed by atoms with Gasteiger partial charge >= 0.3 is 5.97 Å². The molecule has 1 N–H and O–H groups in total. The predicted molar refractivity (Wildman–Crippen MR) is 76.6 cm³/mol. The highest BCUT2D eigenvalue weighted by molar-refractivity contribution is 5.84. The van der Waals surface area contributed by atoms with Gasteiger partial charge in [-0.3, -0.25) is 4.79 Å². The van der Waals surface area contributed by atoms with E-state index >= 15 is 0 Å². The standard InChI is InChI=1S/C16H21NO3/c1-11-6-3-4-7-13(11)12(2)10-15(18)17-9-5-8-14(17)16(19)20/h3-4,6-7,12,14H,5,8-10H2,1-2H3,(H,19,20)/t12?,14-/m0/s1. The van der Waals surface area contributed by atoms with Gasteiger partial charge in [0.1, 0.15) is 6.04 Å². The number of nitrogens with zero attached hydrogens (tertiary/aromatic N) is 1. The minimum atomic E-state index is -0.889. The molecule has 0 aliphatic carbocycles. The van der Waals surface area contributed by atoms with Crippen LogP contribution in [-0.4, -0.2) is 34.5 Å². The van der Waals surface area contributed by atoms with Crippen molar-refractivity contribution in [2.75, 3.05) is 6.54 Å². The Hall–Kier alpha value is -1.84. The van der Waals surface area contributed by atoms with Crippen molar-refractivity contribution in [2.24, 2.45) is 0 Å². The molecule has 1 aliphatic rings. The molecule has 1 heterocycles. The van der Waals surface area contributed by atoms with E-state index < -0.39 is 12.0 Å². The van der Waals surface area contributed by atoms with Crippen molar-refractivity contribution < 1.29 is 14.7 Å². The zero-order chi connectivity index (χ0) is 14.7. The second-order valence-corrected chi connectivity index (χ2v) is 5.55. The summed E-state index contributed by atoms with van der Waals surface area (Å²) >= 11 is 0. The Balaban J connectivity index is 2.04. The van der Waals surface area contributed by atoms with Crippen molar-refractivity contribution >= 4 is 11.9 Å². The van der Waals surface area contributed by atoms with Gasteiger partial charge in [-0.15, -0.1) is 0 Å². The SMILES string of the molecule is Cc1ccccc1C(C)CC(=O)N1CCC[C@H]1C(=O)O. The number of rotatable bonds is 4. The molecule has 108 valence electrons. The summed E-state index contributed by atoms with van der Waals surface area (Å²) < 4.78 is 0. The normalized spacial score (nSPS) is 19.9. The molecular formula is C16H21NO3. The molecule has 1 fully saturated rings. The summed E-state index contributed by atoms with van der Waals surface area (Å²) in [4.78, 5) is 25.0. The molecule has 0 bridgehead atoms. The van der Waals surface area contributed by atoms with Crippen LogP contribution >= 0.6 is 0 Å². The summed E-state index contributed by atoms with van der Waals surface area (Å²) in [5.41, 5.74) is 2.33. The number of amides is 1. The first-order valence-corrected chi connectivity index (χ1v) is 7.08. The highest BCUT2D eigenvalue weighted by Gasteiger charge is 2.34. The first-order valence-electron chi connectivity index (χ1n) is 7.08. The summed E-state index contributed by atoms with van der Waals surface area (Å²) in [5, 5.41) is 9.13. The van der Waals surface area contributed by atoms with E-state index in [0.29, 0.717) is 19.4 Å². The van der Waals surface area contributed by atoms with E-state index in [9.17, 15) is 9.59 Å². The van der Waals surface area contributed by atoms with Gasteiger partial charge in [0.15, 0.2) is 0 Å². The number of hydrogen-bond donors (Lipinski definition) is 1. The molecule has 0 saturated carbocycles. The molecule has 0 spiro atoms. The van der Waals surface area contributed by atoms with Crippen LogP contribution in [0, 0.1) is 6.92 Å². The van der Waals surface area contributed by atoms with Crippen molar-refractivity contribution in [3.8, 4) is 0 Å². The predicted octanol–water partition coefficient (Wildman–Crippen LogP) is 2.56. The van der Waals surface area contributed by atoms with E-state index in [1.807, 2.05) is 38.1 Å². The van der Waals surface area contributed by atoms with E-state index in [4.69, 9.17) is 5.11 Å². The molecule has 4 heteroatoms. The van der Waals surface area contributed by atoms with Gasteiger partial charge in [0.25, 0.3) is 0 Å². The number of carboxylic acid groups (broad SMARTS) is 1. The van der Waals surface area contributed by atoms with E-state index in [-0.39, 0.29) is 11.8 Å². The van der Waals surface area contributed by atoms with Crippen molar-refractivity contribution in [3.63, 3.8) is 0 Å². The third-order valence-corrected chi connectivity index (χ3v) is 4.06. The maximum absolute atomic E-state index is 12.3. The number of aryl methyl sites for hydroxylation is 1. The summed E-state index contributed by atoms with van der Waals surface area (Å²) in [6.45, 7) is 4.62. The van der Waals surface area contributed by atoms with Crippen LogP contribution in [0.2, 0.25) is 0 Å². The van der Waals surface area contributed by atoms with Gasteiger partial charge in [0.05, 0.1) is 0 Å². The Bertz CT molecular complexity index is 512.